The van der Waals surface area contributed by atoms with E-state index in [0.717, 1.165) is 5.03 Å². The predicted octanol–water partition coefficient (Wildman–Crippen LogP) is 5.18. The Balaban J connectivity index is 2.21. The number of rotatable bonds is 0. The van der Waals surface area contributed by atoms with Crippen LogP contribution in [0.4, 0.5) is 0 Å². The van der Waals surface area contributed by atoms with Gasteiger partial charge in [0.2, 0.25) is 0 Å². The molecule has 4 aliphatic heterocycles. The second kappa shape index (κ2) is 2.38. The van der Waals surface area contributed by atoms with E-state index >= 15 is 0 Å². The van der Waals surface area contributed by atoms with Gasteiger partial charge in [-0.15, -0.1) is 0 Å². The summed E-state index contributed by atoms with van der Waals surface area (Å²) in [7, 11) is 0. The van der Waals surface area contributed by atoms with Crippen LogP contribution < -0.4 is 0 Å². The molecule has 0 unspecified atom stereocenters. The standard InChI is InChI=1S/C12H7ClI2/c13-11-7-10-5-6-12(11)15(10,14)8-1-2-9(15)4-3-8/h1-7H. The molecule has 4 rings (SSSR count). The minimum absolute atomic E-state index is 0.971. The molecule has 0 fully saturated rings. The summed E-state index contributed by atoms with van der Waals surface area (Å²) in [4.78, 5) is 0. The van der Waals surface area contributed by atoms with Gasteiger partial charge in [0, 0.05) is 0 Å². The molecule has 0 nitrogen and oxygen atoms in total. The van der Waals surface area contributed by atoms with E-state index in [1.165, 1.54) is 14.3 Å². The van der Waals surface area contributed by atoms with Gasteiger partial charge in [0.25, 0.3) is 0 Å². The van der Waals surface area contributed by atoms with E-state index in [0.29, 0.717) is 0 Å². The average Bonchev–Trinajstić information content (AvgIpc) is 2.87. The number of allylic oxidation sites excluding steroid dienone is 12. The summed E-state index contributed by atoms with van der Waals surface area (Å²) >= 11 is 6.25. The van der Waals surface area contributed by atoms with Crippen molar-refractivity contribution >= 4 is 43.3 Å². The van der Waals surface area contributed by atoms with Gasteiger partial charge in [0.1, 0.15) is 0 Å². The Labute approximate surface area is 104 Å². The van der Waals surface area contributed by atoms with E-state index < -0.39 is 13.1 Å². The van der Waals surface area contributed by atoms with Crippen LogP contribution in [0.5, 0.6) is 0 Å². The number of hydrogen-bond donors (Lipinski definition) is 0. The maximum absolute atomic E-state index is 6.34. The molecule has 3 heteroatoms. The minimum atomic E-state index is -2.84. The van der Waals surface area contributed by atoms with E-state index in [4.69, 9.17) is 11.6 Å². The first-order chi connectivity index (χ1) is 7.16. The van der Waals surface area contributed by atoms with Gasteiger partial charge in [0.05, 0.1) is 0 Å². The third-order valence-corrected chi connectivity index (χ3v) is 28.6. The van der Waals surface area contributed by atoms with Crippen LogP contribution >= 0.6 is 43.3 Å². The zero-order chi connectivity index (χ0) is 10.3. The Morgan fingerprint density at radius 3 is 1.93 bits per heavy atom. The third kappa shape index (κ3) is 0.692. The van der Waals surface area contributed by atoms with Gasteiger partial charge in [-0.3, -0.25) is 0 Å². The predicted molar refractivity (Wildman–Crippen MR) is 83.4 cm³/mol. The van der Waals surface area contributed by atoms with Crippen LogP contribution in [0, 0.1) is 0 Å². The molecule has 0 aromatic rings. The molecule has 4 aliphatic rings. The van der Waals surface area contributed by atoms with Crippen molar-refractivity contribution < 1.29 is 0 Å². The number of hydrogen-bond acceptors (Lipinski definition) is 0. The van der Waals surface area contributed by atoms with Crippen LogP contribution in [0.3, 0.4) is 0 Å². The molecule has 0 saturated heterocycles. The zero-order valence-corrected chi connectivity index (χ0v) is 12.7. The fourth-order valence-electron chi connectivity index (χ4n) is 2.61. The van der Waals surface area contributed by atoms with E-state index in [1.54, 1.807) is 0 Å². The van der Waals surface area contributed by atoms with Crippen molar-refractivity contribution in [3.63, 3.8) is 0 Å². The van der Waals surface area contributed by atoms with Gasteiger partial charge in [0.15, 0.2) is 0 Å². The van der Waals surface area contributed by atoms with Crippen molar-refractivity contribution in [2.45, 2.75) is 0 Å². The van der Waals surface area contributed by atoms with Gasteiger partial charge >= 0.3 is 105 Å². The molecule has 15 heavy (non-hydrogen) atoms. The first-order valence-corrected chi connectivity index (χ1v) is 15.6. The van der Waals surface area contributed by atoms with Crippen molar-refractivity contribution in [2.24, 2.45) is 0 Å². The third-order valence-electron chi connectivity index (χ3n) is 3.30. The molecule has 0 atom stereocenters. The fraction of sp³-hybridized carbons (Fsp3) is 0. The molecule has 0 amide bonds. The van der Waals surface area contributed by atoms with Crippen LogP contribution in [0.25, 0.3) is 0 Å². The fourth-order valence-corrected chi connectivity index (χ4v) is 23.8. The van der Waals surface area contributed by atoms with E-state index in [-0.39, 0.29) is 0 Å². The summed E-state index contributed by atoms with van der Waals surface area (Å²) in [6.45, 7) is 0. The van der Waals surface area contributed by atoms with Crippen LogP contribution in [0.1, 0.15) is 0 Å². The number of halogens is 3. The molecule has 0 N–H and O–H groups in total. The van der Waals surface area contributed by atoms with Crippen molar-refractivity contribution in [3.05, 3.63) is 61.9 Å². The van der Waals surface area contributed by atoms with Gasteiger partial charge in [-0.2, -0.15) is 0 Å². The molecule has 4 heterocycles. The second-order valence-corrected chi connectivity index (χ2v) is 25.0. The average molecular weight is 440 g/mol. The van der Waals surface area contributed by atoms with Crippen molar-refractivity contribution in [1.82, 2.24) is 0 Å². The molecule has 0 aromatic heterocycles. The first kappa shape index (κ1) is 9.24. The van der Waals surface area contributed by atoms with Gasteiger partial charge in [-0.05, 0) is 0 Å². The SMILES string of the molecule is ClC1=C2C=CC(=C1)I21(I)C2=CC=C1C=C2. The molecular weight excluding hydrogens is 433 g/mol. The first-order valence-electron chi connectivity index (χ1n) is 4.65. The van der Waals surface area contributed by atoms with E-state index in [9.17, 15) is 0 Å². The summed E-state index contributed by atoms with van der Waals surface area (Å²) in [6, 6.07) is 0. The molecule has 0 aromatic carbocycles. The molecular formula is C12H7ClI2. The van der Waals surface area contributed by atoms with Gasteiger partial charge in [-0.25, -0.2) is 0 Å². The van der Waals surface area contributed by atoms with Crippen LogP contribution in [0.15, 0.2) is 61.9 Å². The van der Waals surface area contributed by atoms with E-state index in [2.05, 4.69) is 61.1 Å². The molecule has 76 valence electrons. The normalized spacial score (nSPS) is 33.2. The molecule has 1 spiro atoms. The molecule has 0 saturated carbocycles. The second-order valence-electron chi connectivity index (χ2n) is 3.85. The van der Waals surface area contributed by atoms with Gasteiger partial charge in [-0.1, -0.05) is 0 Å². The Morgan fingerprint density at radius 1 is 0.933 bits per heavy atom. The summed E-state index contributed by atoms with van der Waals surface area (Å²) < 4.78 is 5.95. The zero-order valence-electron chi connectivity index (χ0n) is 7.68. The Hall–Kier alpha value is 0.190. The topological polar surface area (TPSA) is 0 Å². The molecule has 0 aliphatic carbocycles. The molecule has 4 bridgehead atoms. The van der Waals surface area contributed by atoms with Crippen molar-refractivity contribution in [3.8, 4) is 0 Å². The maximum atomic E-state index is 6.34. The Bertz CT molecular complexity index is 590. The molecule has 0 radical (unpaired) electrons. The Morgan fingerprint density at radius 2 is 1.53 bits per heavy atom. The van der Waals surface area contributed by atoms with Crippen LogP contribution in [0.2, 0.25) is 0 Å². The summed E-state index contributed by atoms with van der Waals surface area (Å²) in [6.07, 6.45) is 15.8. The summed E-state index contributed by atoms with van der Waals surface area (Å²) in [5.74, 6) is 0. The monoisotopic (exact) mass is 440 g/mol. The van der Waals surface area contributed by atoms with Crippen LogP contribution in [-0.4, -0.2) is 0 Å². The van der Waals surface area contributed by atoms with Crippen LogP contribution in [-0.2, 0) is 0 Å². The van der Waals surface area contributed by atoms with E-state index in [1.807, 2.05) is 0 Å². The Kier molecular flexibility index (Phi) is 1.47. The van der Waals surface area contributed by atoms with Crippen molar-refractivity contribution in [2.75, 3.05) is 0 Å². The van der Waals surface area contributed by atoms with Crippen molar-refractivity contribution in [1.29, 1.82) is 0 Å². The summed E-state index contributed by atoms with van der Waals surface area (Å²) in [5, 5.41) is 0.971. The quantitative estimate of drug-likeness (QED) is 0.455. The van der Waals surface area contributed by atoms with Gasteiger partial charge < -0.3 is 0 Å². The summed E-state index contributed by atoms with van der Waals surface area (Å²) in [5.41, 5.74) is 0.